The van der Waals surface area contributed by atoms with Crippen LogP contribution >= 0.6 is 0 Å². The van der Waals surface area contributed by atoms with Crippen molar-refractivity contribution in [3.8, 4) is 6.07 Å². The molecule has 1 N–H and O–H groups in total. The van der Waals surface area contributed by atoms with Crippen LogP contribution in [0.3, 0.4) is 0 Å². The zero-order valence-electron chi connectivity index (χ0n) is 7.45. The van der Waals surface area contributed by atoms with E-state index in [9.17, 15) is 5.11 Å². The minimum atomic E-state index is -1.15. The van der Waals surface area contributed by atoms with Crippen molar-refractivity contribution >= 4 is 0 Å². The molecule has 0 amide bonds. The second-order valence-electron chi connectivity index (χ2n) is 3.75. The molecule has 0 aromatic rings. The molecular weight excluding hydrogens is 170 g/mol. The molecule has 2 fully saturated rings. The standard InChI is InChI=1S/C9H13NO3/c10-7-8(11)1-3-9(4-2-8)12-5-6-13-9/h11H,1-6H2. The highest BCUT2D eigenvalue weighted by Gasteiger charge is 2.45. The summed E-state index contributed by atoms with van der Waals surface area (Å²) in [6.45, 7) is 1.26. The molecule has 0 aromatic heterocycles. The molecule has 0 aromatic carbocycles. The van der Waals surface area contributed by atoms with E-state index in [1.165, 1.54) is 0 Å². The Balaban J connectivity index is 2.00. The molecular formula is C9H13NO3. The topological polar surface area (TPSA) is 62.5 Å². The molecule has 0 radical (unpaired) electrons. The fourth-order valence-corrected chi connectivity index (χ4v) is 1.94. The van der Waals surface area contributed by atoms with Crippen molar-refractivity contribution in [2.24, 2.45) is 0 Å². The maximum Gasteiger partial charge on any atom is 0.168 e. The molecule has 1 spiro atoms. The van der Waals surface area contributed by atoms with E-state index in [1.807, 2.05) is 6.07 Å². The monoisotopic (exact) mass is 183 g/mol. The lowest BCUT2D eigenvalue weighted by atomic mass is 9.82. The Morgan fingerprint density at radius 2 is 1.62 bits per heavy atom. The zero-order valence-corrected chi connectivity index (χ0v) is 7.45. The Morgan fingerprint density at radius 1 is 1.08 bits per heavy atom. The Bertz CT molecular complexity index is 230. The molecule has 72 valence electrons. The summed E-state index contributed by atoms with van der Waals surface area (Å²) in [4.78, 5) is 0. The number of aliphatic hydroxyl groups is 1. The van der Waals surface area contributed by atoms with Gasteiger partial charge in [0.05, 0.1) is 19.3 Å². The molecule has 2 aliphatic rings. The summed E-state index contributed by atoms with van der Waals surface area (Å²) >= 11 is 0. The molecule has 1 aliphatic heterocycles. The third-order valence-electron chi connectivity index (χ3n) is 2.86. The van der Waals surface area contributed by atoms with Crippen molar-refractivity contribution in [3.05, 3.63) is 0 Å². The average Bonchev–Trinajstić information content (AvgIpc) is 2.61. The molecule has 0 atom stereocenters. The number of nitrogens with zero attached hydrogens (tertiary/aromatic N) is 1. The van der Waals surface area contributed by atoms with E-state index in [2.05, 4.69) is 0 Å². The van der Waals surface area contributed by atoms with Gasteiger partial charge in [-0.3, -0.25) is 0 Å². The molecule has 4 nitrogen and oxygen atoms in total. The van der Waals surface area contributed by atoms with Crippen molar-refractivity contribution in [1.29, 1.82) is 5.26 Å². The third kappa shape index (κ3) is 1.55. The summed E-state index contributed by atoms with van der Waals surface area (Å²) in [6.07, 6.45) is 2.14. The van der Waals surface area contributed by atoms with E-state index < -0.39 is 11.4 Å². The molecule has 1 heterocycles. The van der Waals surface area contributed by atoms with E-state index >= 15 is 0 Å². The van der Waals surface area contributed by atoms with Gasteiger partial charge in [0, 0.05) is 12.8 Å². The van der Waals surface area contributed by atoms with Crippen LogP contribution in [-0.2, 0) is 9.47 Å². The second-order valence-corrected chi connectivity index (χ2v) is 3.75. The summed E-state index contributed by atoms with van der Waals surface area (Å²) in [5, 5.41) is 18.4. The second kappa shape index (κ2) is 2.95. The summed E-state index contributed by atoms with van der Waals surface area (Å²) in [5.74, 6) is -0.483. The highest BCUT2D eigenvalue weighted by molar-refractivity contribution is 5.04. The summed E-state index contributed by atoms with van der Waals surface area (Å²) < 4.78 is 11.0. The van der Waals surface area contributed by atoms with Crippen molar-refractivity contribution < 1.29 is 14.6 Å². The number of hydrogen-bond donors (Lipinski definition) is 1. The Morgan fingerprint density at radius 3 is 2.08 bits per heavy atom. The third-order valence-corrected chi connectivity index (χ3v) is 2.86. The van der Waals surface area contributed by atoms with Crippen molar-refractivity contribution in [2.45, 2.75) is 37.1 Å². The smallest absolute Gasteiger partial charge is 0.168 e. The van der Waals surface area contributed by atoms with Gasteiger partial charge < -0.3 is 14.6 Å². The van der Waals surface area contributed by atoms with Crippen molar-refractivity contribution in [1.82, 2.24) is 0 Å². The summed E-state index contributed by atoms with van der Waals surface area (Å²) in [5.41, 5.74) is -1.15. The van der Waals surface area contributed by atoms with Crippen LogP contribution in [0.5, 0.6) is 0 Å². The van der Waals surface area contributed by atoms with Crippen LogP contribution in [0.4, 0.5) is 0 Å². The first-order chi connectivity index (χ1) is 6.18. The van der Waals surface area contributed by atoms with Gasteiger partial charge in [-0.25, -0.2) is 0 Å². The fourth-order valence-electron chi connectivity index (χ4n) is 1.94. The SMILES string of the molecule is N#CC1(O)CCC2(CC1)OCCO2. The maximum atomic E-state index is 9.65. The first-order valence-electron chi connectivity index (χ1n) is 4.60. The maximum absolute atomic E-state index is 9.65. The lowest BCUT2D eigenvalue weighted by Gasteiger charge is -2.36. The Hall–Kier alpha value is -0.630. The van der Waals surface area contributed by atoms with Crippen LogP contribution in [0.1, 0.15) is 25.7 Å². The summed E-state index contributed by atoms with van der Waals surface area (Å²) in [6, 6.07) is 1.93. The van der Waals surface area contributed by atoms with Crippen LogP contribution in [0.25, 0.3) is 0 Å². The number of nitriles is 1. The quantitative estimate of drug-likeness (QED) is 0.557. The van der Waals surface area contributed by atoms with E-state index in [4.69, 9.17) is 14.7 Å². The predicted octanol–water partition coefficient (Wildman–Crippen LogP) is 0.558. The molecule has 2 rings (SSSR count). The molecule has 0 bridgehead atoms. The first-order valence-corrected chi connectivity index (χ1v) is 4.60. The fraction of sp³-hybridized carbons (Fsp3) is 0.889. The van der Waals surface area contributed by atoms with Gasteiger partial charge in [0.2, 0.25) is 0 Å². The lowest BCUT2D eigenvalue weighted by molar-refractivity contribution is -0.195. The van der Waals surface area contributed by atoms with E-state index in [0.29, 0.717) is 38.9 Å². The van der Waals surface area contributed by atoms with Crippen LogP contribution < -0.4 is 0 Å². The Kier molecular flexibility index (Phi) is 2.03. The largest absolute Gasteiger partial charge is 0.375 e. The van der Waals surface area contributed by atoms with Crippen molar-refractivity contribution in [3.63, 3.8) is 0 Å². The molecule has 0 unspecified atom stereocenters. The highest BCUT2D eigenvalue weighted by Crippen LogP contribution is 2.39. The minimum absolute atomic E-state index is 0.448. The van der Waals surface area contributed by atoms with E-state index in [0.717, 1.165) is 0 Å². The van der Waals surface area contributed by atoms with Gasteiger partial charge in [0.1, 0.15) is 0 Å². The number of ether oxygens (including phenoxy) is 2. The van der Waals surface area contributed by atoms with Crippen LogP contribution in [0.15, 0.2) is 0 Å². The predicted molar refractivity (Wildman–Crippen MR) is 43.7 cm³/mol. The van der Waals surface area contributed by atoms with Gasteiger partial charge in [0.15, 0.2) is 11.4 Å². The average molecular weight is 183 g/mol. The number of hydrogen-bond acceptors (Lipinski definition) is 4. The van der Waals surface area contributed by atoms with Gasteiger partial charge in [-0.05, 0) is 12.8 Å². The van der Waals surface area contributed by atoms with Gasteiger partial charge >= 0.3 is 0 Å². The van der Waals surface area contributed by atoms with Crippen LogP contribution in [0.2, 0.25) is 0 Å². The van der Waals surface area contributed by atoms with Crippen LogP contribution in [-0.4, -0.2) is 29.7 Å². The molecule has 4 heteroatoms. The molecule has 13 heavy (non-hydrogen) atoms. The van der Waals surface area contributed by atoms with Crippen molar-refractivity contribution in [2.75, 3.05) is 13.2 Å². The van der Waals surface area contributed by atoms with Gasteiger partial charge in [-0.15, -0.1) is 0 Å². The molecule has 1 aliphatic carbocycles. The van der Waals surface area contributed by atoms with Crippen LogP contribution in [0, 0.1) is 11.3 Å². The molecule has 1 saturated heterocycles. The van der Waals surface area contributed by atoms with E-state index in [-0.39, 0.29) is 0 Å². The first kappa shape index (κ1) is 8.95. The zero-order chi connectivity index (χ0) is 9.36. The lowest BCUT2D eigenvalue weighted by Crippen LogP contribution is -2.42. The van der Waals surface area contributed by atoms with E-state index in [1.54, 1.807) is 0 Å². The Labute approximate surface area is 77.1 Å². The van der Waals surface area contributed by atoms with Gasteiger partial charge in [-0.2, -0.15) is 5.26 Å². The molecule has 1 saturated carbocycles. The summed E-state index contributed by atoms with van der Waals surface area (Å²) in [7, 11) is 0. The van der Waals surface area contributed by atoms with Gasteiger partial charge in [-0.1, -0.05) is 0 Å². The normalized spacial score (nSPS) is 30.2. The van der Waals surface area contributed by atoms with Gasteiger partial charge in [0.25, 0.3) is 0 Å². The highest BCUT2D eigenvalue weighted by atomic mass is 16.7. The minimum Gasteiger partial charge on any atom is -0.375 e. The number of rotatable bonds is 0.